The average Bonchev–Trinajstić information content (AvgIpc) is 3.12. The van der Waals surface area contributed by atoms with Gasteiger partial charge >= 0.3 is 0 Å². The molecule has 0 aliphatic carbocycles. The number of carbonyl (C=O) groups is 1. The molecule has 1 amide bonds. The molecular weight excluding hydrogens is 318 g/mol. The molecule has 0 bridgehead atoms. The molecule has 112 valence electrons. The molecule has 0 spiro atoms. The summed E-state index contributed by atoms with van der Waals surface area (Å²) >= 11 is 6.54. The molecule has 0 radical (unpaired) electrons. The zero-order valence-electron chi connectivity index (χ0n) is 11.6. The van der Waals surface area contributed by atoms with Crippen LogP contribution in [0.15, 0.2) is 58.1 Å². The first-order valence-electron chi connectivity index (χ1n) is 6.71. The van der Waals surface area contributed by atoms with Crippen LogP contribution in [-0.2, 0) is 4.79 Å². The maximum atomic E-state index is 12.3. The number of ether oxygens (including phenoxy) is 1. The SMILES string of the molecule is O=C1/C(=C/c2ccco2)SC(=S)N1CCOc1ccccc1. The van der Waals surface area contributed by atoms with E-state index in [1.54, 1.807) is 29.4 Å². The molecule has 22 heavy (non-hydrogen) atoms. The standard InChI is InChI=1S/C16H13NO3S2/c18-15-14(11-13-7-4-9-19-13)22-16(21)17(15)8-10-20-12-5-2-1-3-6-12/h1-7,9,11H,8,10H2/b14-11-. The van der Waals surface area contributed by atoms with Gasteiger partial charge in [0.05, 0.1) is 17.7 Å². The second kappa shape index (κ2) is 6.81. The molecule has 3 rings (SSSR count). The van der Waals surface area contributed by atoms with Crippen molar-refractivity contribution in [2.75, 3.05) is 13.2 Å². The van der Waals surface area contributed by atoms with Gasteiger partial charge in [-0.15, -0.1) is 0 Å². The predicted octanol–water partition coefficient (Wildman–Crippen LogP) is 3.56. The van der Waals surface area contributed by atoms with Gasteiger partial charge < -0.3 is 9.15 Å². The molecule has 0 atom stereocenters. The third-order valence-corrected chi connectivity index (χ3v) is 4.39. The summed E-state index contributed by atoms with van der Waals surface area (Å²) in [5.41, 5.74) is 0. The Bertz CT molecular complexity index is 695. The van der Waals surface area contributed by atoms with E-state index in [4.69, 9.17) is 21.4 Å². The van der Waals surface area contributed by atoms with E-state index in [-0.39, 0.29) is 5.91 Å². The van der Waals surface area contributed by atoms with Crippen molar-refractivity contribution in [2.24, 2.45) is 0 Å². The summed E-state index contributed by atoms with van der Waals surface area (Å²) in [6.07, 6.45) is 3.28. The van der Waals surface area contributed by atoms with Crippen LogP contribution in [0.2, 0.25) is 0 Å². The molecule has 0 unspecified atom stereocenters. The van der Waals surface area contributed by atoms with E-state index >= 15 is 0 Å². The summed E-state index contributed by atoms with van der Waals surface area (Å²) in [4.78, 5) is 14.5. The maximum absolute atomic E-state index is 12.3. The maximum Gasteiger partial charge on any atom is 0.266 e. The molecule has 6 heteroatoms. The van der Waals surface area contributed by atoms with E-state index in [9.17, 15) is 4.79 Å². The summed E-state index contributed by atoms with van der Waals surface area (Å²) in [6.45, 7) is 0.819. The Hall–Kier alpha value is -2.05. The summed E-state index contributed by atoms with van der Waals surface area (Å²) in [5.74, 6) is 1.31. The number of thioether (sulfide) groups is 1. The molecular formula is C16H13NO3S2. The fourth-order valence-electron chi connectivity index (χ4n) is 1.97. The van der Waals surface area contributed by atoms with Crippen LogP contribution in [0.5, 0.6) is 5.75 Å². The Morgan fingerprint density at radius 3 is 2.77 bits per heavy atom. The van der Waals surface area contributed by atoms with E-state index in [2.05, 4.69) is 0 Å². The first kappa shape index (κ1) is 14.9. The summed E-state index contributed by atoms with van der Waals surface area (Å²) in [5, 5.41) is 0. The number of benzene rings is 1. The molecule has 1 fully saturated rings. The normalized spacial score (nSPS) is 16.5. The van der Waals surface area contributed by atoms with E-state index < -0.39 is 0 Å². The van der Waals surface area contributed by atoms with Gasteiger partial charge in [-0.3, -0.25) is 9.69 Å². The molecule has 2 heterocycles. The van der Waals surface area contributed by atoms with Crippen LogP contribution in [-0.4, -0.2) is 28.3 Å². The van der Waals surface area contributed by atoms with Crippen molar-refractivity contribution < 1.29 is 13.9 Å². The number of thiocarbonyl (C=S) groups is 1. The zero-order valence-corrected chi connectivity index (χ0v) is 13.2. The van der Waals surface area contributed by atoms with Gasteiger partial charge in [0.15, 0.2) is 0 Å². The Morgan fingerprint density at radius 2 is 2.05 bits per heavy atom. The minimum Gasteiger partial charge on any atom is -0.492 e. The van der Waals surface area contributed by atoms with Crippen molar-refractivity contribution in [3.05, 3.63) is 59.4 Å². The van der Waals surface area contributed by atoms with Gasteiger partial charge in [0.2, 0.25) is 0 Å². The number of furan rings is 1. The Labute approximate surface area is 137 Å². The van der Waals surface area contributed by atoms with Gasteiger partial charge in [0.25, 0.3) is 5.91 Å². The Balaban J connectivity index is 1.60. The van der Waals surface area contributed by atoms with Crippen LogP contribution in [0.25, 0.3) is 6.08 Å². The largest absolute Gasteiger partial charge is 0.492 e. The molecule has 1 aromatic heterocycles. The molecule has 1 aliphatic rings. The number of amides is 1. The number of rotatable bonds is 5. The Morgan fingerprint density at radius 1 is 1.23 bits per heavy atom. The van der Waals surface area contributed by atoms with Crippen LogP contribution < -0.4 is 4.74 Å². The van der Waals surface area contributed by atoms with Gasteiger partial charge in [-0.25, -0.2) is 0 Å². The lowest BCUT2D eigenvalue weighted by atomic mass is 10.3. The third kappa shape index (κ3) is 3.40. The minimum atomic E-state index is -0.108. The molecule has 0 saturated carbocycles. The van der Waals surface area contributed by atoms with Gasteiger partial charge in [-0.2, -0.15) is 0 Å². The van der Waals surface area contributed by atoms with Crippen LogP contribution in [0.3, 0.4) is 0 Å². The van der Waals surface area contributed by atoms with Crippen molar-refractivity contribution in [1.82, 2.24) is 4.90 Å². The van der Waals surface area contributed by atoms with Crippen LogP contribution in [0.1, 0.15) is 5.76 Å². The van der Waals surface area contributed by atoms with Crippen LogP contribution >= 0.6 is 24.0 Å². The fourth-order valence-corrected chi connectivity index (χ4v) is 3.26. The first-order chi connectivity index (χ1) is 10.7. The number of nitrogens with zero attached hydrogens (tertiary/aromatic N) is 1. The lowest BCUT2D eigenvalue weighted by Gasteiger charge is -2.14. The van der Waals surface area contributed by atoms with Crippen molar-refractivity contribution in [3.63, 3.8) is 0 Å². The third-order valence-electron chi connectivity index (χ3n) is 3.02. The molecule has 1 saturated heterocycles. The second-order valence-electron chi connectivity index (χ2n) is 4.51. The highest BCUT2D eigenvalue weighted by molar-refractivity contribution is 8.26. The highest BCUT2D eigenvalue weighted by atomic mass is 32.2. The van der Waals surface area contributed by atoms with Crippen molar-refractivity contribution in [1.29, 1.82) is 0 Å². The van der Waals surface area contributed by atoms with Crippen molar-refractivity contribution >= 4 is 40.3 Å². The van der Waals surface area contributed by atoms with Gasteiger partial charge in [0.1, 0.15) is 22.4 Å². The smallest absolute Gasteiger partial charge is 0.266 e. The predicted molar refractivity (Wildman–Crippen MR) is 90.5 cm³/mol. The molecule has 1 aliphatic heterocycles. The van der Waals surface area contributed by atoms with Crippen LogP contribution in [0.4, 0.5) is 0 Å². The van der Waals surface area contributed by atoms with E-state index in [1.807, 2.05) is 30.3 Å². The molecule has 1 aromatic carbocycles. The first-order valence-corrected chi connectivity index (χ1v) is 7.93. The van der Waals surface area contributed by atoms with E-state index in [1.165, 1.54) is 11.8 Å². The van der Waals surface area contributed by atoms with Gasteiger partial charge in [-0.1, -0.05) is 42.2 Å². The van der Waals surface area contributed by atoms with Crippen molar-refractivity contribution in [3.8, 4) is 5.75 Å². The lowest BCUT2D eigenvalue weighted by Crippen LogP contribution is -2.32. The number of carbonyl (C=O) groups excluding carboxylic acids is 1. The fraction of sp³-hybridized carbons (Fsp3) is 0.125. The molecule has 0 N–H and O–H groups in total. The number of hydrogen-bond donors (Lipinski definition) is 0. The minimum absolute atomic E-state index is 0.108. The quantitative estimate of drug-likeness (QED) is 0.619. The lowest BCUT2D eigenvalue weighted by molar-refractivity contribution is -0.122. The number of hydrogen-bond acceptors (Lipinski definition) is 5. The highest BCUT2D eigenvalue weighted by Gasteiger charge is 2.31. The monoisotopic (exact) mass is 331 g/mol. The van der Waals surface area contributed by atoms with Crippen molar-refractivity contribution in [2.45, 2.75) is 0 Å². The second-order valence-corrected chi connectivity index (χ2v) is 6.19. The Kier molecular flexibility index (Phi) is 4.60. The summed E-state index contributed by atoms with van der Waals surface area (Å²) < 4.78 is 11.4. The zero-order chi connectivity index (χ0) is 15.4. The average molecular weight is 331 g/mol. The van der Waals surface area contributed by atoms with Gasteiger partial charge in [-0.05, 0) is 24.3 Å². The summed E-state index contributed by atoms with van der Waals surface area (Å²) in [6, 6.07) is 13.1. The molecule has 4 nitrogen and oxygen atoms in total. The highest BCUT2D eigenvalue weighted by Crippen LogP contribution is 2.32. The number of para-hydroxylation sites is 1. The van der Waals surface area contributed by atoms with Crippen LogP contribution in [0, 0.1) is 0 Å². The van der Waals surface area contributed by atoms with E-state index in [0.29, 0.717) is 28.1 Å². The topological polar surface area (TPSA) is 42.7 Å². The summed E-state index contributed by atoms with van der Waals surface area (Å²) in [7, 11) is 0. The van der Waals surface area contributed by atoms with Gasteiger partial charge in [0, 0.05) is 6.08 Å². The molecule has 2 aromatic rings. The van der Waals surface area contributed by atoms with E-state index in [0.717, 1.165) is 5.75 Å².